The molecule has 0 aliphatic carbocycles. The Bertz CT molecular complexity index is 527. The van der Waals surface area contributed by atoms with E-state index in [9.17, 15) is 14.7 Å². The van der Waals surface area contributed by atoms with E-state index in [1.807, 2.05) is 32.9 Å². The molecule has 1 aromatic rings. The van der Waals surface area contributed by atoms with E-state index in [2.05, 4.69) is 5.32 Å². The third-order valence-corrected chi connectivity index (χ3v) is 3.49. The molecule has 0 spiro atoms. The molecule has 0 aromatic heterocycles. The predicted molar refractivity (Wildman–Crippen MR) is 80.5 cm³/mol. The summed E-state index contributed by atoms with van der Waals surface area (Å²) in [6.07, 6.45) is 1.04. The van der Waals surface area contributed by atoms with E-state index >= 15 is 0 Å². The summed E-state index contributed by atoms with van der Waals surface area (Å²) in [5.74, 6) is -0.878. The molecule has 5 nitrogen and oxygen atoms in total. The van der Waals surface area contributed by atoms with Crippen LogP contribution in [0.15, 0.2) is 18.2 Å². The van der Waals surface area contributed by atoms with Gasteiger partial charge in [-0.2, -0.15) is 0 Å². The summed E-state index contributed by atoms with van der Waals surface area (Å²) in [4.78, 5) is 23.1. The van der Waals surface area contributed by atoms with Gasteiger partial charge in [-0.05, 0) is 50.5 Å². The van der Waals surface area contributed by atoms with Gasteiger partial charge in [0.25, 0.3) is 5.91 Å². The number of aliphatic carboxylic acids is 1. The van der Waals surface area contributed by atoms with Gasteiger partial charge in [0.2, 0.25) is 0 Å². The lowest BCUT2D eigenvalue weighted by molar-refractivity contribution is -0.147. The Morgan fingerprint density at radius 1 is 1.29 bits per heavy atom. The molecule has 0 bridgehead atoms. The number of nitrogens with one attached hydrogen (secondary N) is 1. The molecule has 0 saturated carbocycles. The smallest absolute Gasteiger partial charge is 0.329 e. The van der Waals surface area contributed by atoms with Crippen molar-refractivity contribution in [3.05, 3.63) is 29.3 Å². The molecule has 5 heteroatoms. The fourth-order valence-electron chi connectivity index (χ4n) is 2.02. The molecule has 0 aliphatic heterocycles. The molecule has 1 aromatic carbocycles. The third kappa shape index (κ3) is 4.77. The van der Waals surface area contributed by atoms with E-state index in [0.717, 1.165) is 11.1 Å². The highest BCUT2D eigenvalue weighted by molar-refractivity contribution is 5.87. The van der Waals surface area contributed by atoms with Crippen LogP contribution in [0.2, 0.25) is 0 Å². The summed E-state index contributed by atoms with van der Waals surface area (Å²) in [7, 11) is 0. The molecule has 1 atom stereocenters. The van der Waals surface area contributed by atoms with Crippen molar-refractivity contribution in [2.75, 3.05) is 6.61 Å². The van der Waals surface area contributed by atoms with Crippen molar-refractivity contribution in [1.82, 2.24) is 5.32 Å². The second-order valence-corrected chi connectivity index (χ2v) is 5.47. The lowest BCUT2D eigenvalue weighted by Crippen LogP contribution is -2.53. The minimum Gasteiger partial charge on any atom is -0.484 e. The van der Waals surface area contributed by atoms with Gasteiger partial charge in [0.1, 0.15) is 11.3 Å². The summed E-state index contributed by atoms with van der Waals surface area (Å²) in [5.41, 5.74) is 0.973. The van der Waals surface area contributed by atoms with Crippen molar-refractivity contribution in [2.24, 2.45) is 0 Å². The van der Waals surface area contributed by atoms with E-state index in [4.69, 9.17) is 4.74 Å². The third-order valence-electron chi connectivity index (χ3n) is 3.49. The van der Waals surface area contributed by atoms with Gasteiger partial charge in [0, 0.05) is 0 Å². The van der Waals surface area contributed by atoms with E-state index in [1.165, 1.54) is 6.92 Å². The van der Waals surface area contributed by atoms with Gasteiger partial charge in [-0.25, -0.2) is 4.79 Å². The second kappa shape index (κ2) is 7.11. The maximum absolute atomic E-state index is 11.9. The number of carbonyl (C=O) groups excluding carboxylic acids is 1. The summed E-state index contributed by atoms with van der Waals surface area (Å²) in [6, 6.07) is 5.56. The van der Waals surface area contributed by atoms with Crippen molar-refractivity contribution in [1.29, 1.82) is 0 Å². The fraction of sp³-hybridized carbons (Fsp3) is 0.500. The Balaban J connectivity index is 2.60. The zero-order chi connectivity index (χ0) is 16.0. The standard InChI is InChI=1S/C16H23NO4/c1-5-8-16(4,15(19)20)17-14(18)10-21-13-7-6-11(2)12(3)9-13/h6-7,9H,5,8,10H2,1-4H3,(H,17,18)(H,19,20). The highest BCUT2D eigenvalue weighted by atomic mass is 16.5. The van der Waals surface area contributed by atoms with Gasteiger partial charge in [-0.1, -0.05) is 19.4 Å². The van der Waals surface area contributed by atoms with Gasteiger partial charge < -0.3 is 15.2 Å². The Morgan fingerprint density at radius 2 is 1.95 bits per heavy atom. The molecule has 0 heterocycles. The number of aryl methyl sites for hydroxylation is 2. The highest BCUT2D eigenvalue weighted by Crippen LogP contribution is 2.17. The molecular formula is C16H23NO4. The van der Waals surface area contributed by atoms with Crippen LogP contribution < -0.4 is 10.1 Å². The van der Waals surface area contributed by atoms with Crippen LogP contribution in [-0.4, -0.2) is 29.1 Å². The minimum absolute atomic E-state index is 0.199. The van der Waals surface area contributed by atoms with Crippen LogP contribution in [0, 0.1) is 13.8 Å². The lowest BCUT2D eigenvalue weighted by Gasteiger charge is -2.25. The van der Waals surface area contributed by atoms with E-state index < -0.39 is 17.4 Å². The molecule has 0 saturated heterocycles. The van der Waals surface area contributed by atoms with Crippen LogP contribution in [-0.2, 0) is 9.59 Å². The summed E-state index contributed by atoms with van der Waals surface area (Å²) >= 11 is 0. The molecule has 1 amide bonds. The van der Waals surface area contributed by atoms with Gasteiger partial charge in [0.15, 0.2) is 6.61 Å². The van der Waals surface area contributed by atoms with Crippen LogP contribution in [0.3, 0.4) is 0 Å². The maximum Gasteiger partial charge on any atom is 0.329 e. The van der Waals surface area contributed by atoms with Crippen molar-refractivity contribution >= 4 is 11.9 Å². The number of ether oxygens (including phenoxy) is 1. The first-order valence-electron chi connectivity index (χ1n) is 7.03. The Hall–Kier alpha value is -2.04. The van der Waals surface area contributed by atoms with Gasteiger partial charge >= 0.3 is 5.97 Å². The normalized spacial score (nSPS) is 13.3. The first-order valence-corrected chi connectivity index (χ1v) is 7.03. The average molecular weight is 293 g/mol. The molecular weight excluding hydrogens is 270 g/mol. The fourth-order valence-corrected chi connectivity index (χ4v) is 2.02. The summed E-state index contributed by atoms with van der Waals surface area (Å²) in [5, 5.41) is 11.7. The van der Waals surface area contributed by atoms with Crippen LogP contribution in [0.5, 0.6) is 5.75 Å². The SMILES string of the molecule is CCCC(C)(NC(=O)COc1ccc(C)c(C)c1)C(=O)O. The van der Waals surface area contributed by atoms with Crippen LogP contribution in [0.1, 0.15) is 37.8 Å². The number of rotatable bonds is 7. The Kier molecular flexibility index (Phi) is 5.76. The second-order valence-electron chi connectivity index (χ2n) is 5.47. The molecule has 0 radical (unpaired) electrons. The van der Waals surface area contributed by atoms with Gasteiger partial charge in [0.05, 0.1) is 0 Å². The number of carboxylic acid groups (broad SMARTS) is 1. The zero-order valence-corrected chi connectivity index (χ0v) is 13.0. The molecule has 2 N–H and O–H groups in total. The molecule has 0 fully saturated rings. The Morgan fingerprint density at radius 3 is 2.48 bits per heavy atom. The monoisotopic (exact) mass is 293 g/mol. The summed E-state index contributed by atoms with van der Waals surface area (Å²) in [6.45, 7) is 7.14. The first-order chi connectivity index (χ1) is 9.78. The number of hydrogen-bond donors (Lipinski definition) is 2. The van der Waals surface area contributed by atoms with Crippen LogP contribution >= 0.6 is 0 Å². The maximum atomic E-state index is 11.9. The topological polar surface area (TPSA) is 75.6 Å². The predicted octanol–water partition coefficient (Wildman–Crippen LogP) is 2.44. The van der Waals surface area contributed by atoms with Crippen molar-refractivity contribution in [2.45, 2.75) is 46.1 Å². The minimum atomic E-state index is -1.25. The highest BCUT2D eigenvalue weighted by Gasteiger charge is 2.33. The van der Waals surface area contributed by atoms with Gasteiger partial charge in [-0.3, -0.25) is 4.79 Å². The number of amides is 1. The van der Waals surface area contributed by atoms with Crippen LogP contribution in [0.4, 0.5) is 0 Å². The van der Waals surface area contributed by atoms with Crippen LogP contribution in [0.25, 0.3) is 0 Å². The Labute approximate surface area is 125 Å². The van der Waals surface area contributed by atoms with E-state index in [0.29, 0.717) is 18.6 Å². The van der Waals surface area contributed by atoms with E-state index in [1.54, 1.807) is 6.07 Å². The average Bonchev–Trinajstić information content (AvgIpc) is 2.40. The van der Waals surface area contributed by atoms with Crippen molar-refractivity contribution in [3.8, 4) is 5.75 Å². The lowest BCUT2D eigenvalue weighted by atomic mass is 9.96. The van der Waals surface area contributed by atoms with Crippen molar-refractivity contribution in [3.63, 3.8) is 0 Å². The number of hydrogen-bond acceptors (Lipinski definition) is 3. The molecule has 1 unspecified atom stereocenters. The quantitative estimate of drug-likeness (QED) is 0.809. The summed E-state index contributed by atoms with van der Waals surface area (Å²) < 4.78 is 5.40. The first kappa shape index (κ1) is 17.0. The number of carboxylic acids is 1. The number of carbonyl (C=O) groups is 2. The molecule has 1 rings (SSSR count). The molecule has 21 heavy (non-hydrogen) atoms. The van der Waals surface area contributed by atoms with Gasteiger partial charge in [-0.15, -0.1) is 0 Å². The number of benzene rings is 1. The zero-order valence-electron chi connectivity index (χ0n) is 13.0. The van der Waals surface area contributed by atoms with E-state index in [-0.39, 0.29) is 6.61 Å². The largest absolute Gasteiger partial charge is 0.484 e. The molecule has 116 valence electrons. The van der Waals surface area contributed by atoms with Crippen molar-refractivity contribution < 1.29 is 19.4 Å². The molecule has 0 aliphatic rings.